The van der Waals surface area contributed by atoms with E-state index in [1.165, 1.54) is 5.56 Å². The van der Waals surface area contributed by atoms with Gasteiger partial charge in [0.1, 0.15) is 0 Å². The number of benzene rings is 1. The molecule has 0 aliphatic rings. The Hall–Kier alpha value is -1.67. The SMILES string of the molecule is Cc1ccnc(C(C)C(N)c2ccccc2)c1. The van der Waals surface area contributed by atoms with Crippen LogP contribution in [0.4, 0.5) is 0 Å². The summed E-state index contributed by atoms with van der Waals surface area (Å²) in [4.78, 5) is 4.41. The highest BCUT2D eigenvalue weighted by molar-refractivity contribution is 5.25. The maximum absolute atomic E-state index is 6.28. The summed E-state index contributed by atoms with van der Waals surface area (Å²) in [6.07, 6.45) is 1.85. The number of pyridine rings is 1. The second kappa shape index (κ2) is 5.11. The van der Waals surface area contributed by atoms with E-state index in [1.807, 2.05) is 30.5 Å². The number of nitrogens with two attached hydrogens (primary N) is 1. The summed E-state index contributed by atoms with van der Waals surface area (Å²) in [5.41, 5.74) is 9.72. The third-order valence-corrected chi connectivity index (χ3v) is 3.13. The smallest absolute Gasteiger partial charge is 0.0453 e. The Labute approximate surface area is 103 Å². The van der Waals surface area contributed by atoms with Crippen LogP contribution in [-0.2, 0) is 0 Å². The lowest BCUT2D eigenvalue weighted by atomic mass is 9.92. The maximum atomic E-state index is 6.28. The van der Waals surface area contributed by atoms with Crippen LogP contribution in [0.1, 0.15) is 35.7 Å². The average Bonchev–Trinajstić information content (AvgIpc) is 2.38. The highest BCUT2D eigenvalue weighted by Gasteiger charge is 2.17. The summed E-state index contributed by atoms with van der Waals surface area (Å²) in [6.45, 7) is 4.20. The van der Waals surface area contributed by atoms with Gasteiger partial charge < -0.3 is 5.73 Å². The number of nitrogens with zero attached hydrogens (tertiary/aromatic N) is 1. The molecule has 17 heavy (non-hydrogen) atoms. The van der Waals surface area contributed by atoms with E-state index in [-0.39, 0.29) is 12.0 Å². The monoisotopic (exact) mass is 226 g/mol. The van der Waals surface area contributed by atoms with Crippen LogP contribution in [0.3, 0.4) is 0 Å². The van der Waals surface area contributed by atoms with E-state index in [0.717, 1.165) is 11.3 Å². The number of aryl methyl sites for hydroxylation is 1. The van der Waals surface area contributed by atoms with E-state index in [4.69, 9.17) is 5.73 Å². The van der Waals surface area contributed by atoms with Gasteiger partial charge in [0, 0.05) is 23.9 Å². The second-order valence-corrected chi connectivity index (χ2v) is 4.48. The molecule has 2 nitrogen and oxygen atoms in total. The molecule has 2 aromatic rings. The quantitative estimate of drug-likeness (QED) is 0.873. The minimum absolute atomic E-state index is 0.00880. The van der Waals surface area contributed by atoms with Crippen LogP contribution in [0.5, 0.6) is 0 Å². The van der Waals surface area contributed by atoms with Crippen molar-refractivity contribution in [1.29, 1.82) is 0 Å². The average molecular weight is 226 g/mol. The van der Waals surface area contributed by atoms with E-state index in [9.17, 15) is 0 Å². The zero-order chi connectivity index (χ0) is 12.3. The van der Waals surface area contributed by atoms with E-state index in [2.05, 4.69) is 37.0 Å². The molecule has 88 valence electrons. The van der Waals surface area contributed by atoms with Gasteiger partial charge in [-0.05, 0) is 30.2 Å². The number of hydrogen-bond acceptors (Lipinski definition) is 2. The van der Waals surface area contributed by atoms with Gasteiger partial charge in [-0.1, -0.05) is 37.3 Å². The van der Waals surface area contributed by atoms with Gasteiger partial charge >= 0.3 is 0 Å². The van der Waals surface area contributed by atoms with Gasteiger partial charge in [0.25, 0.3) is 0 Å². The van der Waals surface area contributed by atoms with Crippen LogP contribution < -0.4 is 5.73 Å². The Balaban J connectivity index is 2.23. The lowest BCUT2D eigenvalue weighted by Crippen LogP contribution is -2.18. The van der Waals surface area contributed by atoms with Crippen molar-refractivity contribution in [1.82, 2.24) is 4.98 Å². The first kappa shape index (κ1) is 11.8. The summed E-state index contributed by atoms with van der Waals surface area (Å²) in [7, 11) is 0. The molecule has 1 aromatic carbocycles. The lowest BCUT2D eigenvalue weighted by Gasteiger charge is -2.20. The topological polar surface area (TPSA) is 38.9 Å². The van der Waals surface area contributed by atoms with Gasteiger partial charge in [-0.3, -0.25) is 4.98 Å². The highest BCUT2D eigenvalue weighted by Crippen LogP contribution is 2.27. The van der Waals surface area contributed by atoms with E-state index >= 15 is 0 Å². The first-order valence-corrected chi connectivity index (χ1v) is 5.91. The maximum Gasteiger partial charge on any atom is 0.0453 e. The molecule has 0 amide bonds. The Morgan fingerprint density at radius 1 is 1.12 bits per heavy atom. The predicted octanol–water partition coefficient (Wildman–Crippen LogP) is 3.19. The second-order valence-electron chi connectivity index (χ2n) is 4.48. The molecule has 0 aliphatic carbocycles. The van der Waals surface area contributed by atoms with Crippen LogP contribution in [0, 0.1) is 6.92 Å². The van der Waals surface area contributed by atoms with Crippen molar-refractivity contribution in [3.63, 3.8) is 0 Å². The molecule has 2 unspecified atom stereocenters. The summed E-state index contributed by atoms with van der Waals surface area (Å²) < 4.78 is 0. The number of rotatable bonds is 3. The highest BCUT2D eigenvalue weighted by atomic mass is 14.7. The zero-order valence-electron chi connectivity index (χ0n) is 10.3. The summed E-state index contributed by atoms with van der Waals surface area (Å²) in [5.74, 6) is 0.220. The third kappa shape index (κ3) is 2.71. The van der Waals surface area contributed by atoms with Gasteiger partial charge in [0.05, 0.1) is 0 Å². The lowest BCUT2D eigenvalue weighted by molar-refractivity contribution is 0.583. The molecule has 2 rings (SSSR count). The van der Waals surface area contributed by atoms with Crippen molar-refractivity contribution < 1.29 is 0 Å². The molecular weight excluding hydrogens is 208 g/mol. The molecule has 1 aromatic heterocycles. The van der Waals surface area contributed by atoms with Crippen molar-refractivity contribution in [2.45, 2.75) is 25.8 Å². The minimum Gasteiger partial charge on any atom is -0.323 e. The van der Waals surface area contributed by atoms with Crippen LogP contribution in [0.25, 0.3) is 0 Å². The van der Waals surface area contributed by atoms with E-state index < -0.39 is 0 Å². The van der Waals surface area contributed by atoms with Crippen molar-refractivity contribution in [2.24, 2.45) is 5.73 Å². The minimum atomic E-state index is -0.00880. The predicted molar refractivity (Wildman–Crippen MR) is 70.8 cm³/mol. The molecule has 0 aliphatic heterocycles. The Bertz CT molecular complexity index is 479. The molecule has 0 radical (unpaired) electrons. The van der Waals surface area contributed by atoms with Crippen molar-refractivity contribution >= 4 is 0 Å². The first-order valence-electron chi connectivity index (χ1n) is 5.91. The number of hydrogen-bond donors (Lipinski definition) is 1. The van der Waals surface area contributed by atoms with Gasteiger partial charge in [-0.25, -0.2) is 0 Å². The summed E-state index contributed by atoms with van der Waals surface area (Å²) >= 11 is 0. The fraction of sp³-hybridized carbons (Fsp3) is 0.267. The Morgan fingerprint density at radius 3 is 2.47 bits per heavy atom. The van der Waals surface area contributed by atoms with Crippen molar-refractivity contribution in [2.75, 3.05) is 0 Å². The molecule has 0 saturated carbocycles. The summed E-state index contributed by atoms with van der Waals surface area (Å²) in [6, 6.07) is 14.3. The molecule has 0 saturated heterocycles. The Morgan fingerprint density at radius 2 is 1.82 bits per heavy atom. The van der Waals surface area contributed by atoms with Crippen molar-refractivity contribution in [3.8, 4) is 0 Å². The third-order valence-electron chi connectivity index (χ3n) is 3.13. The molecule has 2 N–H and O–H groups in total. The van der Waals surface area contributed by atoms with Gasteiger partial charge in [0.2, 0.25) is 0 Å². The van der Waals surface area contributed by atoms with Crippen LogP contribution in [0.15, 0.2) is 48.7 Å². The molecular formula is C15H18N2. The molecule has 1 heterocycles. The largest absolute Gasteiger partial charge is 0.323 e. The van der Waals surface area contributed by atoms with Crippen LogP contribution in [-0.4, -0.2) is 4.98 Å². The fourth-order valence-corrected chi connectivity index (χ4v) is 1.96. The standard InChI is InChI=1S/C15H18N2/c1-11-8-9-17-14(10-11)12(2)15(16)13-6-4-3-5-7-13/h3-10,12,15H,16H2,1-2H3. The van der Waals surface area contributed by atoms with Gasteiger partial charge in [-0.2, -0.15) is 0 Å². The zero-order valence-corrected chi connectivity index (χ0v) is 10.3. The number of aromatic nitrogens is 1. The fourth-order valence-electron chi connectivity index (χ4n) is 1.96. The molecule has 2 atom stereocenters. The van der Waals surface area contributed by atoms with Gasteiger partial charge in [-0.15, -0.1) is 0 Å². The molecule has 0 bridgehead atoms. The van der Waals surface area contributed by atoms with E-state index in [0.29, 0.717) is 0 Å². The van der Waals surface area contributed by atoms with E-state index in [1.54, 1.807) is 0 Å². The normalized spacial score (nSPS) is 14.3. The van der Waals surface area contributed by atoms with Gasteiger partial charge in [0.15, 0.2) is 0 Å². The van der Waals surface area contributed by atoms with Crippen LogP contribution >= 0.6 is 0 Å². The molecule has 2 heteroatoms. The van der Waals surface area contributed by atoms with Crippen LogP contribution in [0.2, 0.25) is 0 Å². The first-order chi connectivity index (χ1) is 8.18. The Kier molecular flexibility index (Phi) is 3.55. The van der Waals surface area contributed by atoms with Crippen molar-refractivity contribution in [3.05, 3.63) is 65.5 Å². The molecule has 0 spiro atoms. The molecule has 0 fully saturated rings. The summed E-state index contributed by atoms with van der Waals surface area (Å²) in [5, 5.41) is 0.